The molecule has 0 aromatic heterocycles. The summed E-state index contributed by atoms with van der Waals surface area (Å²) in [5.41, 5.74) is 5.30. The van der Waals surface area contributed by atoms with Crippen molar-refractivity contribution >= 4 is 27.0 Å². The molecule has 136 valence electrons. The van der Waals surface area contributed by atoms with Crippen molar-refractivity contribution in [3.05, 3.63) is 59.2 Å². The average molecular weight is 365 g/mol. The maximum Gasteiger partial charge on any atom is 0.226 e. The predicted octanol–water partition coefficient (Wildman–Crippen LogP) is 1.75. The lowest BCUT2D eigenvalue weighted by Crippen LogP contribution is -2.49. The number of hydrogen-bond acceptors (Lipinski definition) is 2. The van der Waals surface area contributed by atoms with Crippen molar-refractivity contribution in [2.24, 2.45) is 5.92 Å². The summed E-state index contributed by atoms with van der Waals surface area (Å²) < 4.78 is 0. The Kier molecular flexibility index (Phi) is 4.61. The molecule has 2 atom stereocenters. The van der Waals surface area contributed by atoms with Gasteiger partial charge < -0.3 is 9.80 Å². The van der Waals surface area contributed by atoms with E-state index in [1.807, 2.05) is 0 Å². The summed E-state index contributed by atoms with van der Waals surface area (Å²) >= 11 is 0. The molecule has 2 fully saturated rings. The van der Waals surface area contributed by atoms with Gasteiger partial charge in [0, 0.05) is 48.0 Å². The van der Waals surface area contributed by atoms with Gasteiger partial charge in [-0.25, -0.2) is 0 Å². The minimum absolute atomic E-state index is 0.205. The number of hydrogen-bond donors (Lipinski definition) is 0. The van der Waals surface area contributed by atoms with Crippen molar-refractivity contribution in [3.63, 3.8) is 0 Å². The van der Waals surface area contributed by atoms with Gasteiger partial charge in [0.15, 0.2) is 0 Å². The van der Waals surface area contributed by atoms with Gasteiger partial charge in [-0.2, -0.15) is 0 Å². The third kappa shape index (κ3) is 3.43. The van der Waals surface area contributed by atoms with Crippen LogP contribution in [0.4, 0.5) is 5.69 Å². The van der Waals surface area contributed by atoms with Crippen LogP contribution in [0.3, 0.4) is 0 Å². The minimum atomic E-state index is 0.205. The fourth-order valence-electron chi connectivity index (χ4n) is 4.11. The number of carbonyl (C=O) groups is 1. The first-order chi connectivity index (χ1) is 12.5. The van der Waals surface area contributed by atoms with Crippen molar-refractivity contribution in [1.82, 2.24) is 4.90 Å². The monoisotopic (exact) mass is 364 g/mol. The summed E-state index contributed by atoms with van der Waals surface area (Å²) in [6.07, 6.45) is 1.02. The normalized spacial score (nSPS) is 22.5. The molecule has 4 heteroatoms. The SMILES string of the molecule is Cc1ccc([C@@H]2C[C@@H]2C(=O)N2CCN(c3cc([SiH3])ccc3C)CC2)cc1. The highest BCUT2D eigenvalue weighted by Gasteiger charge is 2.46. The second-order valence-corrected chi connectivity index (χ2v) is 9.12. The maximum atomic E-state index is 12.9. The second-order valence-electron chi connectivity index (χ2n) is 7.96. The summed E-state index contributed by atoms with van der Waals surface area (Å²) in [5, 5.41) is 1.43. The lowest BCUT2D eigenvalue weighted by Gasteiger charge is -2.37. The standard InChI is InChI=1S/C22H28N2OSi/c1-15-3-6-17(7-4-15)19-14-20(19)22(25)24-11-9-23(10-12-24)21-13-18(26)8-5-16(21)2/h3-8,13,19-20H,9-12,14H2,1-2,26H3/t19-,20-/m0/s1. The first-order valence-corrected chi connectivity index (χ1v) is 10.7. The van der Waals surface area contributed by atoms with Crippen LogP contribution in [-0.4, -0.2) is 47.2 Å². The van der Waals surface area contributed by atoms with E-state index in [-0.39, 0.29) is 5.92 Å². The van der Waals surface area contributed by atoms with E-state index >= 15 is 0 Å². The van der Waals surface area contributed by atoms with Gasteiger partial charge in [0.2, 0.25) is 5.91 Å². The van der Waals surface area contributed by atoms with Crippen LogP contribution in [0.2, 0.25) is 0 Å². The Morgan fingerprint density at radius 3 is 2.38 bits per heavy atom. The van der Waals surface area contributed by atoms with Gasteiger partial charge in [-0.05, 0) is 43.4 Å². The van der Waals surface area contributed by atoms with Crippen molar-refractivity contribution in [1.29, 1.82) is 0 Å². The quantitative estimate of drug-likeness (QED) is 0.775. The average Bonchev–Trinajstić information content (AvgIpc) is 3.45. The van der Waals surface area contributed by atoms with E-state index in [2.05, 4.69) is 66.1 Å². The van der Waals surface area contributed by atoms with Crippen molar-refractivity contribution < 1.29 is 4.79 Å². The Hall–Kier alpha value is -2.07. The van der Waals surface area contributed by atoms with Crippen LogP contribution in [0.5, 0.6) is 0 Å². The van der Waals surface area contributed by atoms with E-state index in [4.69, 9.17) is 0 Å². The number of nitrogens with zero attached hydrogens (tertiary/aromatic N) is 2. The maximum absolute atomic E-state index is 12.9. The number of carbonyl (C=O) groups excluding carboxylic acids is 1. The molecule has 0 spiro atoms. The largest absolute Gasteiger partial charge is 0.368 e. The van der Waals surface area contributed by atoms with E-state index in [1.54, 1.807) is 0 Å². The van der Waals surface area contributed by atoms with Gasteiger partial charge in [0.1, 0.15) is 0 Å². The molecule has 0 radical (unpaired) electrons. The molecule has 26 heavy (non-hydrogen) atoms. The molecule has 4 rings (SSSR count). The van der Waals surface area contributed by atoms with Gasteiger partial charge in [-0.15, -0.1) is 0 Å². The van der Waals surface area contributed by atoms with Crippen molar-refractivity contribution in [2.45, 2.75) is 26.2 Å². The molecule has 0 bridgehead atoms. The number of rotatable bonds is 3. The summed E-state index contributed by atoms with van der Waals surface area (Å²) in [4.78, 5) is 17.4. The summed E-state index contributed by atoms with van der Waals surface area (Å²) in [7, 11) is 1.08. The molecule has 1 saturated carbocycles. The van der Waals surface area contributed by atoms with E-state index in [0.717, 1.165) is 42.8 Å². The van der Waals surface area contributed by atoms with Crippen LogP contribution in [-0.2, 0) is 4.79 Å². The Morgan fingerprint density at radius 1 is 1.00 bits per heavy atom. The zero-order valence-electron chi connectivity index (χ0n) is 16.0. The predicted molar refractivity (Wildman–Crippen MR) is 112 cm³/mol. The van der Waals surface area contributed by atoms with E-state index in [0.29, 0.717) is 11.8 Å². The van der Waals surface area contributed by atoms with Gasteiger partial charge >= 0.3 is 0 Å². The fourth-order valence-corrected chi connectivity index (χ4v) is 4.55. The smallest absolute Gasteiger partial charge is 0.226 e. The molecule has 1 heterocycles. The third-order valence-corrected chi connectivity index (χ3v) is 6.53. The topological polar surface area (TPSA) is 23.6 Å². The van der Waals surface area contributed by atoms with Gasteiger partial charge in [0.05, 0.1) is 0 Å². The molecular formula is C22H28N2OSi. The Labute approximate surface area is 159 Å². The van der Waals surface area contributed by atoms with Crippen molar-refractivity contribution in [2.75, 3.05) is 31.1 Å². The zero-order valence-corrected chi connectivity index (χ0v) is 18.0. The molecule has 1 saturated heterocycles. The molecule has 2 aromatic rings. The Bertz CT molecular complexity index is 809. The van der Waals surface area contributed by atoms with Crippen LogP contribution in [0.25, 0.3) is 0 Å². The lowest BCUT2D eigenvalue weighted by molar-refractivity contribution is -0.132. The minimum Gasteiger partial charge on any atom is -0.368 e. The van der Waals surface area contributed by atoms with Crippen LogP contribution >= 0.6 is 0 Å². The highest BCUT2D eigenvalue weighted by atomic mass is 28.1. The zero-order chi connectivity index (χ0) is 18.3. The molecule has 2 aliphatic rings. The van der Waals surface area contributed by atoms with E-state index in [1.165, 1.54) is 27.6 Å². The molecule has 3 nitrogen and oxygen atoms in total. The molecule has 0 N–H and O–H groups in total. The molecule has 0 unspecified atom stereocenters. The second kappa shape index (κ2) is 6.91. The molecule has 1 aliphatic carbocycles. The van der Waals surface area contributed by atoms with Crippen LogP contribution < -0.4 is 10.1 Å². The fraction of sp³-hybridized carbons (Fsp3) is 0.409. The lowest BCUT2D eigenvalue weighted by atomic mass is 10.1. The number of anilines is 1. The highest BCUT2D eigenvalue weighted by molar-refractivity contribution is 6.32. The Morgan fingerprint density at radius 2 is 1.69 bits per heavy atom. The third-order valence-electron chi connectivity index (χ3n) is 5.91. The highest BCUT2D eigenvalue weighted by Crippen LogP contribution is 2.48. The van der Waals surface area contributed by atoms with Crippen molar-refractivity contribution in [3.8, 4) is 0 Å². The van der Waals surface area contributed by atoms with Gasteiger partial charge in [0.25, 0.3) is 0 Å². The summed E-state index contributed by atoms with van der Waals surface area (Å²) in [5.74, 6) is 1.00. The number of piperazine rings is 1. The molecule has 1 amide bonds. The molecular weight excluding hydrogens is 336 g/mol. The number of benzene rings is 2. The van der Waals surface area contributed by atoms with Gasteiger partial charge in [-0.1, -0.05) is 47.1 Å². The first-order valence-electron chi connectivity index (χ1n) is 9.70. The number of aryl methyl sites for hydroxylation is 2. The van der Waals surface area contributed by atoms with E-state index < -0.39 is 0 Å². The van der Waals surface area contributed by atoms with Crippen LogP contribution in [0, 0.1) is 19.8 Å². The first kappa shape index (κ1) is 17.3. The van der Waals surface area contributed by atoms with Crippen LogP contribution in [0.1, 0.15) is 29.0 Å². The molecule has 2 aromatic carbocycles. The Balaban J connectivity index is 1.36. The number of amides is 1. The van der Waals surface area contributed by atoms with Gasteiger partial charge in [-0.3, -0.25) is 4.79 Å². The summed E-state index contributed by atoms with van der Waals surface area (Å²) in [6, 6.07) is 15.5. The van der Waals surface area contributed by atoms with E-state index in [9.17, 15) is 4.79 Å². The molecule has 1 aliphatic heterocycles. The summed E-state index contributed by atoms with van der Waals surface area (Å²) in [6.45, 7) is 7.88. The van der Waals surface area contributed by atoms with Crippen LogP contribution in [0.15, 0.2) is 42.5 Å².